The number of aryl methyl sites for hydroxylation is 3. The van der Waals surface area contributed by atoms with E-state index < -0.39 is 0 Å². The molecule has 0 N–H and O–H groups in total. The fraction of sp³-hybridized carbons (Fsp3) is 0.297. The van der Waals surface area contributed by atoms with Crippen molar-refractivity contribution >= 4 is 68.0 Å². The number of anilines is 6. The number of hydrogen-bond acceptors (Lipinski definition) is 3. The summed E-state index contributed by atoms with van der Waals surface area (Å²) in [5.41, 5.74) is 26.8. The minimum Gasteiger partial charge on any atom is -0.458 e. The molecule has 3 nitrogen and oxygen atoms in total. The van der Waals surface area contributed by atoms with Gasteiger partial charge in [0.05, 0.1) is 5.69 Å². The molecule has 1 aliphatic carbocycles. The Hall–Kier alpha value is -7.30. The molecule has 0 unspecified atom stereocenters. The molecule has 12 rings (SSSR count). The quantitative estimate of drug-likeness (QED) is 0.160. The van der Waals surface area contributed by atoms with Gasteiger partial charge in [0, 0.05) is 33.9 Å². The molecule has 0 saturated heterocycles. The zero-order chi connectivity index (χ0) is 55.3. The molecule has 2 aliphatic heterocycles. The highest BCUT2D eigenvalue weighted by Crippen LogP contribution is 2.59. The average molecular weight is 1020 g/mol. The Morgan fingerprint density at radius 1 is 0.487 bits per heavy atom. The van der Waals surface area contributed by atoms with Crippen LogP contribution < -0.4 is 30.9 Å². The lowest BCUT2D eigenvalue weighted by molar-refractivity contribution is 0.486. The lowest BCUT2D eigenvalue weighted by Crippen LogP contribution is -2.60. The van der Waals surface area contributed by atoms with E-state index >= 15 is 0 Å². The predicted molar refractivity (Wildman–Crippen MR) is 336 cm³/mol. The third kappa shape index (κ3) is 8.31. The molecule has 0 fully saturated rings. The van der Waals surface area contributed by atoms with Crippen molar-refractivity contribution in [3.63, 3.8) is 0 Å². The lowest BCUT2D eigenvalue weighted by atomic mass is 9.33. The highest BCUT2D eigenvalue weighted by Gasteiger charge is 2.46. The average Bonchev–Trinajstić information content (AvgIpc) is 2.40. The van der Waals surface area contributed by atoms with E-state index in [0.29, 0.717) is 0 Å². The molecule has 0 atom stereocenters. The zero-order valence-electron chi connectivity index (χ0n) is 49.4. The van der Waals surface area contributed by atoms with E-state index in [-0.39, 0.29) is 33.8 Å². The van der Waals surface area contributed by atoms with Crippen LogP contribution in [-0.4, -0.2) is 6.71 Å². The summed E-state index contributed by atoms with van der Waals surface area (Å²) >= 11 is 0. The fourth-order valence-corrected chi connectivity index (χ4v) is 13.4. The van der Waals surface area contributed by atoms with Gasteiger partial charge in [-0.1, -0.05) is 200 Å². The van der Waals surface area contributed by atoms with Crippen LogP contribution in [0.2, 0.25) is 0 Å². The maximum atomic E-state index is 7.36. The van der Waals surface area contributed by atoms with Crippen LogP contribution in [0, 0.1) is 20.8 Å². The predicted octanol–water partition coefficient (Wildman–Crippen LogP) is 18.8. The fourth-order valence-electron chi connectivity index (χ4n) is 13.4. The van der Waals surface area contributed by atoms with Crippen molar-refractivity contribution in [2.75, 3.05) is 9.80 Å². The van der Waals surface area contributed by atoms with E-state index in [0.717, 1.165) is 39.8 Å². The van der Waals surface area contributed by atoms with Gasteiger partial charge in [-0.2, -0.15) is 0 Å². The van der Waals surface area contributed by atoms with E-state index in [2.05, 4.69) is 285 Å². The van der Waals surface area contributed by atoms with Crippen LogP contribution in [0.5, 0.6) is 11.5 Å². The van der Waals surface area contributed by atoms with Gasteiger partial charge in [0.1, 0.15) is 11.5 Å². The molecule has 0 spiro atoms. The summed E-state index contributed by atoms with van der Waals surface area (Å²) in [5, 5.41) is 2.52. The zero-order valence-corrected chi connectivity index (χ0v) is 49.4. The summed E-state index contributed by atoms with van der Waals surface area (Å²) in [6.45, 7) is 39.4. The van der Waals surface area contributed by atoms with Gasteiger partial charge in [-0.25, -0.2) is 0 Å². The van der Waals surface area contributed by atoms with Gasteiger partial charge in [0.15, 0.2) is 0 Å². The third-order valence-corrected chi connectivity index (χ3v) is 17.5. The van der Waals surface area contributed by atoms with Gasteiger partial charge in [0.25, 0.3) is 6.71 Å². The SMILES string of the molecule is Cc1cc(C)c(-c2cc3c4c(c2)N(c2cc5c(c(N(c6ccc(C(C)(C)C)cc6)c6ccc(C(C)(C)C)cc6)c2)C(C)(C)c2ccc6ccccc6c2-5)c2ccc(C(C)(C)C)cc2B4c2cc(C(C)(C)C)ccc2O3)c(C)c1. The first-order valence-corrected chi connectivity index (χ1v) is 28.4. The number of nitrogens with zero attached hydrogens (tertiary/aromatic N) is 2. The van der Waals surface area contributed by atoms with Gasteiger partial charge in [0.2, 0.25) is 0 Å². The Bertz CT molecular complexity index is 3840. The second-order valence-corrected chi connectivity index (χ2v) is 27.7. The van der Waals surface area contributed by atoms with Crippen molar-refractivity contribution in [2.45, 2.75) is 145 Å². The van der Waals surface area contributed by atoms with Crippen molar-refractivity contribution in [3.8, 4) is 33.8 Å². The maximum Gasteiger partial charge on any atom is 0.256 e. The smallest absolute Gasteiger partial charge is 0.256 e. The summed E-state index contributed by atoms with van der Waals surface area (Å²) in [7, 11) is 0. The van der Waals surface area contributed by atoms with Crippen LogP contribution in [0.1, 0.15) is 147 Å². The van der Waals surface area contributed by atoms with Gasteiger partial charge in [-0.05, 0) is 197 Å². The minimum absolute atomic E-state index is 0.00217. The van der Waals surface area contributed by atoms with Gasteiger partial charge >= 0.3 is 0 Å². The van der Waals surface area contributed by atoms with Gasteiger partial charge < -0.3 is 14.5 Å². The highest BCUT2D eigenvalue weighted by atomic mass is 16.5. The topological polar surface area (TPSA) is 15.7 Å². The Morgan fingerprint density at radius 3 is 1.63 bits per heavy atom. The van der Waals surface area contributed by atoms with Gasteiger partial charge in [-0.15, -0.1) is 0 Å². The second kappa shape index (κ2) is 17.6. The summed E-state index contributed by atoms with van der Waals surface area (Å²) in [6, 6.07) is 61.4. The number of rotatable bonds is 5. The van der Waals surface area contributed by atoms with Crippen molar-refractivity contribution in [1.29, 1.82) is 0 Å². The van der Waals surface area contributed by atoms with Crippen LogP contribution in [0.15, 0.2) is 158 Å². The molecular weight excluding hydrogens is 944 g/mol. The standard InChI is InChI=1S/C74H77BN2O/c1-44-36-45(2)66(46(3)37-44)48-38-63-69-65(39-48)78-64-35-28-52(73(13,14)15)41-60(64)75(69)59-40-51(72(10,11)12)27-34-61(59)77(63)55-42-57-67-56-21-19-18-20-47(56)22-33-58(67)74(16,17)68(57)62(43-55)76(53-29-23-49(24-30-53)70(4,5)6)54-31-25-50(26-32-54)71(7,8)9/h18-43H,1-17H3. The van der Waals surface area contributed by atoms with E-state index in [9.17, 15) is 0 Å². The molecular formula is C74H77BN2O. The van der Waals surface area contributed by atoms with Crippen molar-refractivity contribution < 1.29 is 4.74 Å². The molecule has 4 heteroatoms. The largest absolute Gasteiger partial charge is 0.458 e. The number of hydrogen-bond donors (Lipinski definition) is 0. The van der Waals surface area contributed by atoms with Crippen LogP contribution in [0.25, 0.3) is 33.0 Å². The lowest BCUT2D eigenvalue weighted by Gasteiger charge is -2.42. The van der Waals surface area contributed by atoms with E-state index in [1.165, 1.54) is 105 Å². The molecule has 392 valence electrons. The molecule has 0 amide bonds. The summed E-state index contributed by atoms with van der Waals surface area (Å²) < 4.78 is 7.36. The van der Waals surface area contributed by atoms with Crippen LogP contribution in [-0.2, 0) is 27.1 Å². The maximum absolute atomic E-state index is 7.36. The highest BCUT2D eigenvalue weighted by molar-refractivity contribution is 6.99. The summed E-state index contributed by atoms with van der Waals surface area (Å²) in [6.07, 6.45) is 0. The van der Waals surface area contributed by atoms with Crippen LogP contribution in [0.3, 0.4) is 0 Å². The number of ether oxygens (including phenoxy) is 1. The molecule has 78 heavy (non-hydrogen) atoms. The molecule has 0 saturated carbocycles. The Kier molecular flexibility index (Phi) is 11.6. The first-order valence-electron chi connectivity index (χ1n) is 28.4. The van der Waals surface area contributed by atoms with Crippen molar-refractivity contribution in [1.82, 2.24) is 0 Å². The molecule has 9 aromatic rings. The van der Waals surface area contributed by atoms with E-state index in [1.807, 2.05) is 0 Å². The van der Waals surface area contributed by atoms with Crippen LogP contribution >= 0.6 is 0 Å². The monoisotopic (exact) mass is 1020 g/mol. The normalized spacial score (nSPS) is 14.4. The van der Waals surface area contributed by atoms with Gasteiger partial charge in [-0.3, -0.25) is 0 Å². The summed E-state index contributed by atoms with van der Waals surface area (Å²) in [5.74, 6) is 1.84. The summed E-state index contributed by atoms with van der Waals surface area (Å²) in [4.78, 5) is 5.18. The van der Waals surface area contributed by atoms with Crippen molar-refractivity contribution in [3.05, 3.63) is 208 Å². The Morgan fingerprint density at radius 2 is 1.04 bits per heavy atom. The van der Waals surface area contributed by atoms with Crippen LogP contribution in [0.4, 0.5) is 34.1 Å². The van der Waals surface area contributed by atoms with E-state index in [1.54, 1.807) is 0 Å². The molecule has 0 radical (unpaired) electrons. The molecule has 0 aromatic heterocycles. The Labute approximate surface area is 466 Å². The van der Waals surface area contributed by atoms with E-state index in [4.69, 9.17) is 4.74 Å². The van der Waals surface area contributed by atoms with Crippen molar-refractivity contribution in [2.24, 2.45) is 0 Å². The first-order chi connectivity index (χ1) is 36.7. The number of fused-ring (bicyclic) bond motifs is 9. The molecule has 0 bridgehead atoms. The second-order valence-electron chi connectivity index (χ2n) is 27.7. The molecule has 3 aliphatic rings. The third-order valence-electron chi connectivity index (χ3n) is 17.5. The number of benzene rings is 9. The minimum atomic E-state index is -0.355. The molecule has 2 heterocycles. The molecule has 9 aromatic carbocycles. The first kappa shape index (κ1) is 51.5. The Balaban J connectivity index is 1.23.